The molecule has 0 aliphatic carbocycles. The van der Waals surface area contributed by atoms with Crippen LogP contribution < -0.4 is 0 Å². The summed E-state index contributed by atoms with van der Waals surface area (Å²) in [6, 6.07) is 0. The predicted molar refractivity (Wildman–Crippen MR) is 62.4 cm³/mol. The maximum Gasteiger partial charge on any atom is 0.314 e. The molecule has 1 rings (SSSR count). The molecule has 106 valence electrons. The third-order valence-corrected chi connectivity index (χ3v) is 2.06. The Morgan fingerprint density at radius 2 is 1.68 bits per heavy atom. The number of pyridine rings is 1. The van der Waals surface area contributed by atoms with Crippen molar-refractivity contribution in [1.29, 1.82) is 0 Å². The summed E-state index contributed by atoms with van der Waals surface area (Å²) in [6.45, 7) is 1.12. The topological polar surface area (TPSA) is 148 Å². The Bertz CT molecular complexity index is 447. The van der Waals surface area contributed by atoms with Crippen molar-refractivity contribution in [1.82, 2.24) is 4.98 Å². The summed E-state index contributed by atoms with van der Waals surface area (Å²) in [5.41, 5.74) is 1.27. The number of rotatable bonds is 4. The molecule has 1 heterocycles. The first-order chi connectivity index (χ1) is 8.83. The van der Waals surface area contributed by atoms with E-state index in [0.717, 1.165) is 0 Å². The molecule has 5 N–H and O–H groups in total. The van der Waals surface area contributed by atoms with Crippen molar-refractivity contribution in [3.8, 4) is 5.75 Å². The van der Waals surface area contributed by atoms with Gasteiger partial charge in [-0.2, -0.15) is 0 Å². The van der Waals surface area contributed by atoms with Gasteiger partial charge in [0.2, 0.25) is 0 Å². The molecule has 0 bridgehead atoms. The monoisotopic (exact) mass is 273 g/mol. The Hall–Kier alpha value is -2.19. The van der Waals surface area contributed by atoms with Crippen LogP contribution in [0.1, 0.15) is 23.2 Å². The number of carboxylic acids is 2. The zero-order chi connectivity index (χ0) is 15.0. The summed E-state index contributed by atoms with van der Waals surface area (Å²) >= 11 is 0. The van der Waals surface area contributed by atoms with Crippen LogP contribution in [0.5, 0.6) is 5.75 Å². The number of carboxylic acid groups (broad SMARTS) is 2. The first-order valence-electron chi connectivity index (χ1n) is 5.15. The van der Waals surface area contributed by atoms with Crippen LogP contribution in [0.25, 0.3) is 0 Å². The zero-order valence-corrected chi connectivity index (χ0v) is 10.2. The molecular weight excluding hydrogens is 258 g/mol. The first kappa shape index (κ1) is 16.8. The molecule has 0 unspecified atom stereocenters. The van der Waals surface area contributed by atoms with E-state index in [1.165, 1.54) is 6.20 Å². The fraction of sp³-hybridized carbons (Fsp3) is 0.364. The van der Waals surface area contributed by atoms with E-state index in [1.807, 2.05) is 0 Å². The Morgan fingerprint density at radius 1 is 1.16 bits per heavy atom. The summed E-state index contributed by atoms with van der Waals surface area (Å²) < 4.78 is 0. The molecule has 0 aromatic carbocycles. The van der Waals surface area contributed by atoms with Crippen molar-refractivity contribution in [3.05, 3.63) is 23.0 Å². The van der Waals surface area contributed by atoms with Gasteiger partial charge < -0.3 is 25.5 Å². The minimum atomic E-state index is -1.31. The summed E-state index contributed by atoms with van der Waals surface area (Å²) in [4.78, 5) is 22.7. The first-order valence-corrected chi connectivity index (χ1v) is 5.15. The predicted octanol–water partition coefficient (Wildman–Crippen LogP) is -0.374. The van der Waals surface area contributed by atoms with E-state index in [-0.39, 0.29) is 19.0 Å². The summed E-state index contributed by atoms with van der Waals surface area (Å²) in [7, 11) is 0. The molecule has 19 heavy (non-hydrogen) atoms. The van der Waals surface area contributed by atoms with Gasteiger partial charge in [-0.1, -0.05) is 0 Å². The highest BCUT2D eigenvalue weighted by atomic mass is 16.4. The highest BCUT2D eigenvalue weighted by molar-refractivity contribution is 5.88. The Morgan fingerprint density at radius 3 is 2.00 bits per heavy atom. The quantitative estimate of drug-likeness (QED) is 0.466. The minimum Gasteiger partial charge on any atom is -0.506 e. The van der Waals surface area contributed by atoms with Gasteiger partial charge in [-0.15, -0.1) is 0 Å². The van der Waals surface area contributed by atoms with Gasteiger partial charge in [0.15, 0.2) is 0 Å². The summed E-state index contributed by atoms with van der Waals surface area (Å²) in [6.07, 6.45) is 0.639. The van der Waals surface area contributed by atoms with E-state index in [9.17, 15) is 14.7 Å². The van der Waals surface area contributed by atoms with Gasteiger partial charge in [0.1, 0.15) is 12.2 Å². The van der Waals surface area contributed by atoms with Crippen LogP contribution in [-0.4, -0.2) is 42.5 Å². The molecule has 1 aromatic rings. The molecule has 0 aliphatic rings. The third kappa shape index (κ3) is 5.80. The van der Waals surface area contributed by atoms with Gasteiger partial charge >= 0.3 is 11.9 Å². The van der Waals surface area contributed by atoms with E-state index in [0.29, 0.717) is 16.8 Å². The Labute approximate surface area is 108 Å². The van der Waals surface area contributed by atoms with Crippen LogP contribution in [-0.2, 0) is 22.8 Å². The number of aromatic hydroxyl groups is 1. The van der Waals surface area contributed by atoms with Crippen LogP contribution in [0.2, 0.25) is 0 Å². The van der Waals surface area contributed by atoms with Gasteiger partial charge in [-0.25, -0.2) is 0 Å². The highest BCUT2D eigenvalue weighted by Crippen LogP contribution is 2.23. The molecule has 0 fully saturated rings. The number of aliphatic hydroxyl groups is 2. The second kappa shape index (κ2) is 8.01. The van der Waals surface area contributed by atoms with Crippen molar-refractivity contribution < 1.29 is 35.1 Å². The lowest BCUT2D eigenvalue weighted by molar-refractivity contribution is -0.147. The number of nitrogens with zero attached hydrogens (tertiary/aromatic N) is 1. The lowest BCUT2D eigenvalue weighted by atomic mass is 10.1. The van der Waals surface area contributed by atoms with Gasteiger partial charge in [0.05, 0.1) is 18.9 Å². The van der Waals surface area contributed by atoms with E-state index >= 15 is 0 Å². The average Bonchev–Trinajstić information content (AvgIpc) is 2.31. The minimum absolute atomic E-state index is 0.0379. The lowest BCUT2D eigenvalue weighted by Gasteiger charge is -2.07. The highest BCUT2D eigenvalue weighted by Gasteiger charge is 2.09. The van der Waals surface area contributed by atoms with Crippen molar-refractivity contribution in [2.75, 3.05) is 0 Å². The standard InChI is InChI=1S/C8H11NO3.C3H4O4/c1-5-8(12)7(4-11)6(3-10)2-9-5;4-2(5)1-3(6)7/h2,10-12H,3-4H2,1H3;1H2,(H,4,5)(H,6,7). The van der Waals surface area contributed by atoms with Crippen molar-refractivity contribution in [2.24, 2.45) is 0 Å². The van der Waals surface area contributed by atoms with Crippen molar-refractivity contribution in [2.45, 2.75) is 26.6 Å². The van der Waals surface area contributed by atoms with Crippen LogP contribution >= 0.6 is 0 Å². The molecule has 0 radical (unpaired) electrons. The molecule has 0 spiro atoms. The molecular formula is C11H15NO7. The second-order valence-corrected chi connectivity index (χ2v) is 3.48. The smallest absolute Gasteiger partial charge is 0.314 e. The summed E-state index contributed by atoms with van der Waals surface area (Å²) in [5, 5.41) is 42.4. The third-order valence-electron chi connectivity index (χ3n) is 2.06. The fourth-order valence-corrected chi connectivity index (χ4v) is 1.13. The maximum absolute atomic E-state index is 9.43. The number of aliphatic hydroxyl groups excluding tert-OH is 2. The number of aliphatic carboxylic acids is 2. The van der Waals surface area contributed by atoms with Gasteiger partial charge in [-0.3, -0.25) is 14.6 Å². The number of hydrogen-bond acceptors (Lipinski definition) is 6. The fourth-order valence-electron chi connectivity index (χ4n) is 1.13. The SMILES string of the molecule is Cc1ncc(CO)c(CO)c1O.O=C(O)CC(=O)O. The van der Waals surface area contributed by atoms with E-state index < -0.39 is 18.4 Å². The molecule has 0 atom stereocenters. The number of aryl methyl sites for hydroxylation is 1. The molecule has 0 saturated heterocycles. The molecule has 8 nitrogen and oxygen atoms in total. The zero-order valence-electron chi connectivity index (χ0n) is 10.2. The lowest BCUT2D eigenvalue weighted by Crippen LogP contribution is -2.03. The van der Waals surface area contributed by atoms with Crippen molar-refractivity contribution in [3.63, 3.8) is 0 Å². The molecule has 0 saturated carbocycles. The van der Waals surface area contributed by atoms with Crippen LogP contribution in [0, 0.1) is 6.92 Å². The number of carbonyl (C=O) groups is 2. The Kier molecular flexibility index (Phi) is 7.08. The normalized spacial score (nSPS) is 9.42. The van der Waals surface area contributed by atoms with Crippen LogP contribution in [0.15, 0.2) is 6.20 Å². The summed E-state index contributed by atoms with van der Waals surface area (Å²) in [5.74, 6) is -2.66. The number of aromatic nitrogens is 1. The van der Waals surface area contributed by atoms with Crippen LogP contribution in [0.4, 0.5) is 0 Å². The van der Waals surface area contributed by atoms with Crippen LogP contribution in [0.3, 0.4) is 0 Å². The van der Waals surface area contributed by atoms with E-state index in [2.05, 4.69) is 4.98 Å². The van der Waals surface area contributed by atoms with E-state index in [1.54, 1.807) is 6.92 Å². The van der Waals surface area contributed by atoms with Crippen molar-refractivity contribution >= 4 is 11.9 Å². The average molecular weight is 273 g/mol. The maximum atomic E-state index is 9.43. The largest absolute Gasteiger partial charge is 0.506 e. The van der Waals surface area contributed by atoms with E-state index in [4.69, 9.17) is 20.4 Å². The number of hydrogen-bond donors (Lipinski definition) is 5. The molecule has 0 aliphatic heterocycles. The Balaban J connectivity index is 0.000000399. The van der Waals surface area contributed by atoms with Gasteiger partial charge in [0.25, 0.3) is 0 Å². The van der Waals surface area contributed by atoms with Gasteiger partial charge in [-0.05, 0) is 6.92 Å². The van der Waals surface area contributed by atoms with Gasteiger partial charge in [0, 0.05) is 17.3 Å². The molecule has 8 heteroatoms. The molecule has 1 aromatic heterocycles. The molecule has 0 amide bonds. The second-order valence-electron chi connectivity index (χ2n) is 3.48.